The van der Waals surface area contributed by atoms with Crippen LogP contribution >= 0.6 is 0 Å². The van der Waals surface area contributed by atoms with Crippen LogP contribution in [0.4, 0.5) is 5.69 Å². The molecule has 1 aliphatic carbocycles. The van der Waals surface area contributed by atoms with Gasteiger partial charge in [-0.2, -0.15) is 0 Å². The molecule has 1 aromatic rings. The minimum absolute atomic E-state index is 0.0904. The highest BCUT2D eigenvalue weighted by molar-refractivity contribution is 6.07. The maximum atomic E-state index is 12.2. The number of aryl methyl sites for hydroxylation is 1. The van der Waals surface area contributed by atoms with E-state index in [2.05, 4.69) is 17.3 Å². The van der Waals surface area contributed by atoms with Gasteiger partial charge in [0.15, 0.2) is 0 Å². The van der Waals surface area contributed by atoms with Gasteiger partial charge in [0.25, 0.3) is 0 Å². The average Bonchev–Trinajstić information content (AvgIpc) is 2.56. The van der Waals surface area contributed by atoms with Gasteiger partial charge < -0.3 is 5.32 Å². The van der Waals surface area contributed by atoms with Gasteiger partial charge in [-0.15, -0.1) is 12.3 Å². The average molecular weight is 211 g/mol. The van der Waals surface area contributed by atoms with E-state index in [1.807, 2.05) is 12.1 Å². The number of terminal acetylenes is 1. The number of hydrogen-bond donors (Lipinski definition) is 1. The second kappa shape index (κ2) is 3.12. The van der Waals surface area contributed by atoms with E-state index in [4.69, 9.17) is 6.42 Å². The zero-order valence-electron chi connectivity index (χ0n) is 9.05. The van der Waals surface area contributed by atoms with Crippen LogP contribution in [-0.4, -0.2) is 5.91 Å². The first-order valence-electron chi connectivity index (χ1n) is 5.65. The Hall–Kier alpha value is -1.75. The molecular formula is C14H13NO. The lowest BCUT2D eigenvalue weighted by molar-refractivity contribution is -0.121. The van der Waals surface area contributed by atoms with Crippen molar-refractivity contribution >= 4 is 11.6 Å². The lowest BCUT2D eigenvalue weighted by Gasteiger charge is -2.31. The smallest absolute Gasteiger partial charge is 0.236 e. The molecule has 1 N–H and O–H groups in total. The number of anilines is 1. The molecule has 80 valence electrons. The van der Waals surface area contributed by atoms with Gasteiger partial charge in [-0.25, -0.2) is 0 Å². The molecule has 0 aromatic heterocycles. The number of benzene rings is 1. The van der Waals surface area contributed by atoms with Crippen LogP contribution in [0.25, 0.3) is 0 Å². The first-order valence-corrected chi connectivity index (χ1v) is 5.65. The molecule has 0 radical (unpaired) electrons. The first kappa shape index (κ1) is 9.47. The third-order valence-corrected chi connectivity index (χ3v) is 3.77. The third-order valence-electron chi connectivity index (χ3n) is 3.77. The normalized spacial score (nSPS) is 25.8. The summed E-state index contributed by atoms with van der Waals surface area (Å²) in [5.41, 5.74) is 3.00. The van der Waals surface area contributed by atoms with Crippen molar-refractivity contribution in [2.75, 3.05) is 5.32 Å². The molecule has 2 heteroatoms. The molecule has 1 aromatic carbocycles. The Labute approximate surface area is 95.0 Å². The predicted octanol–water partition coefficient (Wildman–Crippen LogP) is 2.24. The predicted molar refractivity (Wildman–Crippen MR) is 63.1 cm³/mol. The zero-order valence-corrected chi connectivity index (χ0v) is 9.05. The van der Waals surface area contributed by atoms with Crippen molar-refractivity contribution in [1.29, 1.82) is 0 Å². The molecule has 0 saturated heterocycles. The van der Waals surface area contributed by atoms with Crippen LogP contribution in [0, 0.1) is 12.3 Å². The number of hydrogen-bond acceptors (Lipinski definition) is 1. The van der Waals surface area contributed by atoms with Crippen LogP contribution in [0.2, 0.25) is 0 Å². The highest BCUT2D eigenvalue weighted by Crippen LogP contribution is 2.48. The lowest BCUT2D eigenvalue weighted by Crippen LogP contribution is -2.36. The summed E-state index contributed by atoms with van der Waals surface area (Å²) in [5.74, 6) is 2.76. The van der Waals surface area contributed by atoms with Crippen LogP contribution in [0.15, 0.2) is 18.2 Å². The summed E-state index contributed by atoms with van der Waals surface area (Å²) in [4.78, 5) is 12.2. The summed E-state index contributed by atoms with van der Waals surface area (Å²) in [5, 5.41) is 2.97. The number of amides is 1. The molecule has 0 saturated carbocycles. The van der Waals surface area contributed by atoms with Crippen LogP contribution < -0.4 is 5.32 Å². The number of carbonyl (C=O) groups excluding carboxylic acids is 1. The van der Waals surface area contributed by atoms with Crippen molar-refractivity contribution in [3.8, 4) is 12.3 Å². The fourth-order valence-corrected chi connectivity index (χ4v) is 3.08. The monoisotopic (exact) mass is 211 g/mol. The Morgan fingerprint density at radius 2 is 2.38 bits per heavy atom. The molecule has 0 fully saturated rings. The number of nitrogens with one attached hydrogen (secondary N) is 1. The molecule has 2 aliphatic rings. The second-order valence-electron chi connectivity index (χ2n) is 4.61. The van der Waals surface area contributed by atoms with Gasteiger partial charge in [-0.3, -0.25) is 4.79 Å². The minimum atomic E-state index is -0.432. The Kier molecular flexibility index (Phi) is 1.85. The molecule has 1 aliphatic heterocycles. The molecule has 1 amide bonds. The van der Waals surface area contributed by atoms with Crippen molar-refractivity contribution in [3.05, 3.63) is 29.3 Å². The molecule has 0 unspecified atom stereocenters. The molecule has 1 heterocycles. The third kappa shape index (κ3) is 1.01. The first-order chi connectivity index (χ1) is 7.78. The number of rotatable bonds is 1. The Balaban J connectivity index is 2.26. The van der Waals surface area contributed by atoms with Crippen LogP contribution in [0.1, 0.15) is 30.4 Å². The highest BCUT2D eigenvalue weighted by Gasteiger charge is 2.48. The van der Waals surface area contributed by atoms with Crippen molar-refractivity contribution < 1.29 is 4.79 Å². The largest absolute Gasteiger partial charge is 0.325 e. The van der Waals surface area contributed by atoms with Crippen molar-refractivity contribution in [2.24, 2.45) is 0 Å². The molecule has 0 spiro atoms. The SMILES string of the molecule is C#CC[C@@]12CCCc3cccc(c31)NC2=O. The van der Waals surface area contributed by atoms with Crippen molar-refractivity contribution in [3.63, 3.8) is 0 Å². The van der Waals surface area contributed by atoms with Gasteiger partial charge in [-0.05, 0) is 36.5 Å². The van der Waals surface area contributed by atoms with Gasteiger partial charge in [-0.1, -0.05) is 12.1 Å². The lowest BCUT2D eigenvalue weighted by atomic mass is 9.69. The zero-order chi connectivity index (χ0) is 11.2. The molecule has 3 rings (SSSR count). The summed E-state index contributed by atoms with van der Waals surface area (Å²) in [7, 11) is 0. The van der Waals surface area contributed by atoms with Crippen LogP contribution in [0.5, 0.6) is 0 Å². The Morgan fingerprint density at radius 3 is 3.19 bits per heavy atom. The Morgan fingerprint density at radius 1 is 1.50 bits per heavy atom. The topological polar surface area (TPSA) is 29.1 Å². The van der Waals surface area contributed by atoms with E-state index in [0.29, 0.717) is 6.42 Å². The summed E-state index contributed by atoms with van der Waals surface area (Å²) in [6.07, 6.45) is 8.94. The van der Waals surface area contributed by atoms with Crippen LogP contribution in [0.3, 0.4) is 0 Å². The summed E-state index contributed by atoms with van der Waals surface area (Å²) in [6.45, 7) is 0. The summed E-state index contributed by atoms with van der Waals surface area (Å²) in [6, 6.07) is 6.09. The van der Waals surface area contributed by atoms with Gasteiger partial charge in [0.05, 0.1) is 5.41 Å². The van der Waals surface area contributed by atoms with Crippen molar-refractivity contribution in [1.82, 2.24) is 0 Å². The maximum Gasteiger partial charge on any atom is 0.236 e. The maximum absolute atomic E-state index is 12.2. The highest BCUT2D eigenvalue weighted by atomic mass is 16.2. The molecule has 0 bridgehead atoms. The molecule has 2 nitrogen and oxygen atoms in total. The van der Waals surface area contributed by atoms with E-state index in [1.165, 1.54) is 11.1 Å². The van der Waals surface area contributed by atoms with Gasteiger partial charge in [0.1, 0.15) is 0 Å². The minimum Gasteiger partial charge on any atom is -0.325 e. The fraction of sp³-hybridized carbons (Fsp3) is 0.357. The molecule has 1 atom stereocenters. The van der Waals surface area contributed by atoms with Gasteiger partial charge >= 0.3 is 0 Å². The second-order valence-corrected chi connectivity index (χ2v) is 4.61. The number of carbonyl (C=O) groups is 1. The van der Waals surface area contributed by atoms with E-state index in [1.54, 1.807) is 0 Å². The quantitative estimate of drug-likeness (QED) is 0.709. The van der Waals surface area contributed by atoms with Gasteiger partial charge in [0.2, 0.25) is 5.91 Å². The standard InChI is InChI=1S/C14H13NO/c1-2-8-14-9-4-6-10-5-3-7-11(12(10)14)15-13(14)16/h1,3,5,7H,4,6,8-9H2,(H,15,16)/t14-/m1/s1. The van der Waals surface area contributed by atoms with E-state index < -0.39 is 5.41 Å². The summed E-state index contributed by atoms with van der Waals surface area (Å²) >= 11 is 0. The summed E-state index contributed by atoms with van der Waals surface area (Å²) < 4.78 is 0. The van der Waals surface area contributed by atoms with E-state index in [9.17, 15) is 4.79 Å². The molecule has 16 heavy (non-hydrogen) atoms. The van der Waals surface area contributed by atoms with E-state index in [0.717, 1.165) is 24.9 Å². The van der Waals surface area contributed by atoms with Crippen molar-refractivity contribution in [2.45, 2.75) is 31.1 Å². The van der Waals surface area contributed by atoms with E-state index in [-0.39, 0.29) is 5.91 Å². The molecular weight excluding hydrogens is 198 g/mol. The Bertz CT molecular complexity index is 512. The van der Waals surface area contributed by atoms with Crippen LogP contribution in [-0.2, 0) is 16.6 Å². The van der Waals surface area contributed by atoms with Gasteiger partial charge in [0, 0.05) is 12.1 Å². The fourth-order valence-electron chi connectivity index (χ4n) is 3.08. The van der Waals surface area contributed by atoms with E-state index >= 15 is 0 Å².